The fourth-order valence-electron chi connectivity index (χ4n) is 3.73. The van der Waals surface area contributed by atoms with E-state index in [0.29, 0.717) is 17.2 Å². The molecule has 1 aliphatic heterocycles. The van der Waals surface area contributed by atoms with E-state index < -0.39 is 10.0 Å². The van der Waals surface area contributed by atoms with Gasteiger partial charge in [0.1, 0.15) is 0 Å². The highest BCUT2D eigenvalue weighted by Crippen LogP contribution is 2.26. The Kier molecular flexibility index (Phi) is 6.08. The number of amides is 1. The number of likely N-dealkylation sites (tertiary alicyclic amines) is 1. The first-order valence-corrected chi connectivity index (χ1v) is 11.5. The van der Waals surface area contributed by atoms with Gasteiger partial charge in [-0.05, 0) is 55.4 Å². The summed E-state index contributed by atoms with van der Waals surface area (Å²) in [7, 11) is -1.86. The molecule has 150 valence electrons. The van der Waals surface area contributed by atoms with E-state index >= 15 is 0 Å². The number of hydrogen-bond donors (Lipinski definition) is 0. The number of anilines is 1. The van der Waals surface area contributed by atoms with E-state index in [2.05, 4.69) is 24.3 Å². The zero-order chi connectivity index (χ0) is 20.3. The topological polar surface area (TPSA) is 57.7 Å². The second-order valence-corrected chi connectivity index (χ2v) is 9.67. The maximum atomic E-state index is 13.0. The molecule has 1 heterocycles. The summed E-state index contributed by atoms with van der Waals surface area (Å²) in [4.78, 5) is 14.8. The standard InChI is InChI=1S/C22H28N2O3S/c1-17-9-10-20(16-21(17)23(2)28(3,26)27)22(25)24-13-11-19(12-14-24)15-18-7-5-4-6-8-18/h4-10,16,19H,11-15H2,1-3H3. The number of nitrogens with zero attached hydrogens (tertiary/aromatic N) is 2. The van der Waals surface area contributed by atoms with Crippen LogP contribution in [-0.2, 0) is 16.4 Å². The Morgan fingerprint density at radius 2 is 1.75 bits per heavy atom. The number of hydrogen-bond acceptors (Lipinski definition) is 3. The number of carbonyl (C=O) groups is 1. The number of carbonyl (C=O) groups excluding carboxylic acids is 1. The Balaban J connectivity index is 1.67. The first-order chi connectivity index (χ1) is 13.3. The van der Waals surface area contributed by atoms with E-state index in [1.165, 1.54) is 23.2 Å². The third-order valence-electron chi connectivity index (χ3n) is 5.56. The lowest BCUT2D eigenvalue weighted by molar-refractivity contribution is 0.0690. The summed E-state index contributed by atoms with van der Waals surface area (Å²) in [6.07, 6.45) is 4.19. The summed E-state index contributed by atoms with van der Waals surface area (Å²) in [5.41, 5.74) is 3.26. The molecule has 28 heavy (non-hydrogen) atoms. The molecule has 1 fully saturated rings. The highest BCUT2D eigenvalue weighted by atomic mass is 32.2. The van der Waals surface area contributed by atoms with Crippen LogP contribution in [0.4, 0.5) is 5.69 Å². The second-order valence-electron chi connectivity index (χ2n) is 7.66. The Labute approximate surface area is 168 Å². The van der Waals surface area contributed by atoms with E-state index in [1.807, 2.05) is 24.0 Å². The largest absolute Gasteiger partial charge is 0.339 e. The Morgan fingerprint density at radius 3 is 2.36 bits per heavy atom. The first kappa shape index (κ1) is 20.4. The minimum Gasteiger partial charge on any atom is -0.339 e. The van der Waals surface area contributed by atoms with Crippen molar-refractivity contribution in [3.05, 3.63) is 65.2 Å². The number of aryl methyl sites for hydroxylation is 1. The van der Waals surface area contributed by atoms with Gasteiger partial charge in [0.2, 0.25) is 10.0 Å². The van der Waals surface area contributed by atoms with Crippen molar-refractivity contribution in [3.8, 4) is 0 Å². The van der Waals surface area contributed by atoms with Gasteiger partial charge < -0.3 is 4.90 Å². The molecule has 0 radical (unpaired) electrons. The van der Waals surface area contributed by atoms with Crippen molar-refractivity contribution in [1.82, 2.24) is 4.90 Å². The Bertz CT molecular complexity index is 934. The van der Waals surface area contributed by atoms with E-state index in [9.17, 15) is 13.2 Å². The summed E-state index contributed by atoms with van der Waals surface area (Å²) in [6, 6.07) is 15.8. The fraction of sp³-hybridized carbons (Fsp3) is 0.409. The maximum Gasteiger partial charge on any atom is 0.253 e. The second kappa shape index (κ2) is 8.35. The van der Waals surface area contributed by atoms with Crippen LogP contribution >= 0.6 is 0 Å². The average Bonchev–Trinajstić information content (AvgIpc) is 2.68. The third-order valence-corrected chi connectivity index (χ3v) is 6.75. The van der Waals surface area contributed by atoms with Gasteiger partial charge in [0.25, 0.3) is 5.91 Å². The number of benzene rings is 2. The molecule has 1 saturated heterocycles. The van der Waals surface area contributed by atoms with Crippen molar-refractivity contribution in [3.63, 3.8) is 0 Å². The van der Waals surface area contributed by atoms with Gasteiger partial charge >= 0.3 is 0 Å². The molecule has 0 unspecified atom stereocenters. The smallest absolute Gasteiger partial charge is 0.253 e. The number of piperidine rings is 1. The molecule has 5 nitrogen and oxygen atoms in total. The SMILES string of the molecule is Cc1ccc(C(=O)N2CCC(Cc3ccccc3)CC2)cc1N(C)S(C)(=O)=O. The van der Waals surface area contributed by atoms with Crippen LogP contribution in [0, 0.1) is 12.8 Å². The molecule has 0 aliphatic carbocycles. The quantitative estimate of drug-likeness (QED) is 0.772. The van der Waals surface area contributed by atoms with Crippen LogP contribution in [0.5, 0.6) is 0 Å². The molecule has 0 aromatic heterocycles. The zero-order valence-corrected chi connectivity index (χ0v) is 17.6. The molecular weight excluding hydrogens is 372 g/mol. The van der Waals surface area contributed by atoms with E-state index in [0.717, 1.165) is 37.9 Å². The molecule has 3 rings (SSSR count). The van der Waals surface area contributed by atoms with Crippen molar-refractivity contribution >= 4 is 21.6 Å². The van der Waals surface area contributed by atoms with Gasteiger partial charge in [-0.25, -0.2) is 8.42 Å². The molecule has 6 heteroatoms. The molecule has 1 amide bonds. The van der Waals surface area contributed by atoms with Gasteiger partial charge in [0, 0.05) is 25.7 Å². The lowest BCUT2D eigenvalue weighted by atomic mass is 9.90. The summed E-state index contributed by atoms with van der Waals surface area (Å²) >= 11 is 0. The van der Waals surface area contributed by atoms with Crippen molar-refractivity contribution in [2.45, 2.75) is 26.2 Å². The molecular formula is C22H28N2O3S. The average molecular weight is 401 g/mol. The lowest BCUT2D eigenvalue weighted by Gasteiger charge is -2.32. The first-order valence-electron chi connectivity index (χ1n) is 9.63. The summed E-state index contributed by atoms with van der Waals surface area (Å²) in [5, 5.41) is 0. The highest BCUT2D eigenvalue weighted by Gasteiger charge is 2.25. The van der Waals surface area contributed by atoms with Crippen LogP contribution in [0.25, 0.3) is 0 Å². The van der Waals surface area contributed by atoms with Crippen LogP contribution in [0.3, 0.4) is 0 Å². The Morgan fingerprint density at radius 1 is 1.11 bits per heavy atom. The van der Waals surface area contributed by atoms with Crippen molar-refractivity contribution in [2.75, 3.05) is 30.7 Å². The zero-order valence-electron chi connectivity index (χ0n) is 16.8. The van der Waals surface area contributed by atoms with E-state index in [-0.39, 0.29) is 5.91 Å². The summed E-state index contributed by atoms with van der Waals surface area (Å²) in [6.45, 7) is 3.32. The van der Waals surface area contributed by atoms with Crippen molar-refractivity contribution in [2.24, 2.45) is 5.92 Å². The van der Waals surface area contributed by atoms with Crippen molar-refractivity contribution < 1.29 is 13.2 Å². The number of sulfonamides is 1. The minimum absolute atomic E-state index is 0.0266. The van der Waals surface area contributed by atoms with Gasteiger partial charge in [-0.1, -0.05) is 36.4 Å². The highest BCUT2D eigenvalue weighted by molar-refractivity contribution is 7.92. The van der Waals surface area contributed by atoms with Crippen LogP contribution < -0.4 is 4.31 Å². The van der Waals surface area contributed by atoms with Gasteiger partial charge in [-0.15, -0.1) is 0 Å². The van der Waals surface area contributed by atoms with Crippen LogP contribution in [-0.4, -0.2) is 45.6 Å². The minimum atomic E-state index is -3.37. The molecule has 2 aromatic carbocycles. The fourth-order valence-corrected chi connectivity index (χ4v) is 4.28. The molecule has 0 atom stereocenters. The molecule has 2 aromatic rings. The summed E-state index contributed by atoms with van der Waals surface area (Å²) < 4.78 is 25.0. The molecule has 0 N–H and O–H groups in total. The maximum absolute atomic E-state index is 13.0. The predicted octanol–water partition coefficient (Wildman–Crippen LogP) is 3.49. The van der Waals surface area contributed by atoms with E-state index in [1.54, 1.807) is 12.1 Å². The van der Waals surface area contributed by atoms with Gasteiger partial charge in [0.15, 0.2) is 0 Å². The monoisotopic (exact) mass is 400 g/mol. The molecule has 1 aliphatic rings. The third kappa shape index (κ3) is 4.73. The van der Waals surface area contributed by atoms with Crippen LogP contribution in [0.2, 0.25) is 0 Å². The van der Waals surface area contributed by atoms with E-state index in [4.69, 9.17) is 0 Å². The lowest BCUT2D eigenvalue weighted by Crippen LogP contribution is -2.39. The normalized spacial score (nSPS) is 15.5. The Hall–Kier alpha value is -2.34. The molecule has 0 spiro atoms. The molecule has 0 saturated carbocycles. The summed E-state index contributed by atoms with van der Waals surface area (Å²) in [5.74, 6) is 0.567. The van der Waals surface area contributed by atoms with Gasteiger partial charge in [0.05, 0.1) is 11.9 Å². The van der Waals surface area contributed by atoms with Gasteiger partial charge in [-0.3, -0.25) is 9.10 Å². The van der Waals surface area contributed by atoms with Gasteiger partial charge in [-0.2, -0.15) is 0 Å². The number of rotatable bonds is 5. The predicted molar refractivity (Wildman–Crippen MR) is 113 cm³/mol. The van der Waals surface area contributed by atoms with Crippen LogP contribution in [0.1, 0.15) is 34.3 Å². The van der Waals surface area contributed by atoms with Crippen molar-refractivity contribution in [1.29, 1.82) is 0 Å². The van der Waals surface area contributed by atoms with Crippen LogP contribution in [0.15, 0.2) is 48.5 Å². The molecule has 0 bridgehead atoms.